The first kappa shape index (κ1) is 9.81. The third kappa shape index (κ3) is 1.60. The van der Waals surface area contributed by atoms with Crippen LogP contribution in [0.3, 0.4) is 0 Å². The molecule has 0 radical (unpaired) electrons. The van der Waals surface area contributed by atoms with Crippen molar-refractivity contribution in [1.82, 2.24) is 14.7 Å². The van der Waals surface area contributed by atoms with E-state index in [1.165, 1.54) is 0 Å². The first-order valence-electron chi connectivity index (χ1n) is 5.70. The Kier molecular flexibility index (Phi) is 2.38. The summed E-state index contributed by atoms with van der Waals surface area (Å²) < 4.78 is 1.94. The highest BCUT2D eigenvalue weighted by molar-refractivity contribution is 5.40. The molecule has 1 aliphatic heterocycles. The van der Waals surface area contributed by atoms with Crippen molar-refractivity contribution >= 4 is 5.65 Å². The summed E-state index contributed by atoms with van der Waals surface area (Å²) in [7, 11) is 0. The van der Waals surface area contributed by atoms with Gasteiger partial charge in [-0.05, 0) is 31.5 Å². The zero-order chi connectivity index (χ0) is 11.0. The Hall–Kier alpha value is -1.39. The third-order valence-electron chi connectivity index (χ3n) is 3.17. The first-order chi connectivity index (χ1) is 7.84. The minimum absolute atomic E-state index is 0.157. The molecular weight excluding hydrogens is 202 g/mol. The average molecular weight is 217 g/mol. The molecule has 2 unspecified atom stereocenters. The molecule has 0 bridgehead atoms. The summed E-state index contributed by atoms with van der Waals surface area (Å²) in [5.74, 6) is 0. The summed E-state index contributed by atoms with van der Waals surface area (Å²) in [6.45, 7) is 0.995. The maximum absolute atomic E-state index is 10.2. The van der Waals surface area contributed by atoms with E-state index in [0.717, 1.165) is 30.7 Å². The van der Waals surface area contributed by atoms with Crippen molar-refractivity contribution in [3.05, 3.63) is 36.3 Å². The van der Waals surface area contributed by atoms with Gasteiger partial charge in [-0.2, -0.15) is 0 Å². The first-order valence-corrected chi connectivity index (χ1v) is 5.70. The number of imidazole rings is 1. The van der Waals surface area contributed by atoms with Gasteiger partial charge in [-0.15, -0.1) is 0 Å². The van der Waals surface area contributed by atoms with Crippen molar-refractivity contribution in [3.63, 3.8) is 0 Å². The van der Waals surface area contributed by atoms with Gasteiger partial charge in [0.05, 0.1) is 5.69 Å². The smallest absolute Gasteiger partial charge is 0.137 e. The molecule has 0 aliphatic carbocycles. The number of pyridine rings is 1. The van der Waals surface area contributed by atoms with Gasteiger partial charge in [-0.3, -0.25) is 0 Å². The monoisotopic (exact) mass is 217 g/mol. The van der Waals surface area contributed by atoms with Crippen molar-refractivity contribution in [2.75, 3.05) is 6.54 Å². The van der Waals surface area contributed by atoms with E-state index < -0.39 is 6.10 Å². The Morgan fingerprint density at radius 1 is 1.50 bits per heavy atom. The van der Waals surface area contributed by atoms with E-state index in [1.54, 1.807) is 0 Å². The summed E-state index contributed by atoms with van der Waals surface area (Å²) in [4.78, 5) is 4.43. The number of aliphatic hydroxyl groups excluding tert-OH is 1. The number of nitrogens with one attached hydrogen (secondary N) is 1. The molecule has 16 heavy (non-hydrogen) atoms. The number of hydrogen-bond acceptors (Lipinski definition) is 3. The van der Waals surface area contributed by atoms with Gasteiger partial charge in [-0.1, -0.05) is 6.07 Å². The lowest BCUT2D eigenvalue weighted by Crippen LogP contribution is -2.28. The van der Waals surface area contributed by atoms with Gasteiger partial charge in [-0.25, -0.2) is 4.98 Å². The summed E-state index contributed by atoms with van der Waals surface area (Å²) in [5.41, 5.74) is 1.64. The van der Waals surface area contributed by atoms with E-state index in [4.69, 9.17) is 0 Å². The molecule has 4 nitrogen and oxygen atoms in total. The van der Waals surface area contributed by atoms with Gasteiger partial charge in [0.1, 0.15) is 11.8 Å². The molecule has 3 rings (SSSR count). The number of rotatable bonds is 2. The van der Waals surface area contributed by atoms with Crippen LogP contribution in [0.5, 0.6) is 0 Å². The van der Waals surface area contributed by atoms with E-state index in [9.17, 15) is 5.11 Å². The molecule has 2 aromatic heterocycles. The Morgan fingerprint density at radius 2 is 2.44 bits per heavy atom. The van der Waals surface area contributed by atoms with Crippen molar-refractivity contribution in [1.29, 1.82) is 0 Å². The van der Waals surface area contributed by atoms with Gasteiger partial charge in [0.15, 0.2) is 0 Å². The molecule has 0 spiro atoms. The summed E-state index contributed by atoms with van der Waals surface area (Å²) >= 11 is 0. The predicted molar refractivity (Wildman–Crippen MR) is 61.2 cm³/mol. The van der Waals surface area contributed by atoms with Gasteiger partial charge in [0.2, 0.25) is 0 Å². The van der Waals surface area contributed by atoms with Gasteiger partial charge < -0.3 is 14.8 Å². The number of aliphatic hydroxyl groups is 1. The van der Waals surface area contributed by atoms with Crippen molar-refractivity contribution < 1.29 is 5.11 Å². The second kappa shape index (κ2) is 3.88. The molecule has 1 aliphatic rings. The van der Waals surface area contributed by atoms with E-state index in [-0.39, 0.29) is 6.04 Å². The normalized spacial score (nSPS) is 22.7. The molecule has 84 valence electrons. The topological polar surface area (TPSA) is 49.6 Å². The highest BCUT2D eigenvalue weighted by atomic mass is 16.3. The average Bonchev–Trinajstić information content (AvgIpc) is 2.97. The molecule has 3 heterocycles. The molecule has 2 aromatic rings. The molecule has 2 N–H and O–H groups in total. The second-order valence-corrected chi connectivity index (χ2v) is 4.28. The van der Waals surface area contributed by atoms with Gasteiger partial charge in [0, 0.05) is 18.4 Å². The molecule has 0 aromatic carbocycles. The van der Waals surface area contributed by atoms with Crippen LogP contribution in [0.1, 0.15) is 24.6 Å². The van der Waals surface area contributed by atoms with E-state index >= 15 is 0 Å². The molecule has 1 fully saturated rings. The van der Waals surface area contributed by atoms with Crippen molar-refractivity contribution in [3.8, 4) is 0 Å². The molecular formula is C12H15N3O. The highest BCUT2D eigenvalue weighted by Crippen LogP contribution is 2.22. The zero-order valence-corrected chi connectivity index (χ0v) is 9.00. The van der Waals surface area contributed by atoms with Gasteiger partial charge in [0.25, 0.3) is 0 Å². The number of hydrogen-bond donors (Lipinski definition) is 2. The van der Waals surface area contributed by atoms with Crippen LogP contribution in [0.25, 0.3) is 5.65 Å². The Bertz CT molecular complexity index is 455. The van der Waals surface area contributed by atoms with E-state index in [1.807, 2.05) is 35.0 Å². The van der Waals surface area contributed by atoms with Crippen LogP contribution >= 0.6 is 0 Å². The van der Waals surface area contributed by atoms with E-state index in [2.05, 4.69) is 10.3 Å². The quantitative estimate of drug-likeness (QED) is 0.792. The van der Waals surface area contributed by atoms with E-state index in [0.29, 0.717) is 0 Å². The van der Waals surface area contributed by atoms with Crippen molar-refractivity contribution in [2.24, 2.45) is 0 Å². The number of aromatic nitrogens is 2. The molecule has 0 saturated carbocycles. The van der Waals surface area contributed by atoms with Crippen LogP contribution in [-0.4, -0.2) is 27.1 Å². The van der Waals surface area contributed by atoms with Crippen LogP contribution in [0.15, 0.2) is 30.6 Å². The Morgan fingerprint density at radius 3 is 3.19 bits per heavy atom. The van der Waals surface area contributed by atoms with Crippen LogP contribution in [0.4, 0.5) is 0 Å². The maximum Gasteiger partial charge on any atom is 0.137 e. The summed E-state index contributed by atoms with van der Waals surface area (Å²) in [6.07, 6.45) is 5.51. The fourth-order valence-corrected chi connectivity index (χ4v) is 2.28. The third-order valence-corrected chi connectivity index (χ3v) is 3.17. The minimum Gasteiger partial charge on any atom is -0.385 e. The fourth-order valence-electron chi connectivity index (χ4n) is 2.28. The van der Waals surface area contributed by atoms with Gasteiger partial charge >= 0.3 is 0 Å². The lowest BCUT2D eigenvalue weighted by atomic mass is 10.1. The Labute approximate surface area is 93.9 Å². The Balaban J connectivity index is 1.92. The lowest BCUT2D eigenvalue weighted by Gasteiger charge is -2.15. The lowest BCUT2D eigenvalue weighted by molar-refractivity contribution is 0.133. The fraction of sp³-hybridized carbons (Fsp3) is 0.417. The van der Waals surface area contributed by atoms with Crippen LogP contribution < -0.4 is 5.32 Å². The molecule has 0 amide bonds. The maximum atomic E-state index is 10.2. The highest BCUT2D eigenvalue weighted by Gasteiger charge is 2.25. The molecule has 1 saturated heterocycles. The zero-order valence-electron chi connectivity index (χ0n) is 9.00. The minimum atomic E-state index is -0.498. The standard InChI is InChI=1S/C12H15N3O/c16-12(9-4-3-6-13-9)10-8-15-7-2-1-5-11(15)14-10/h1-2,5,7-9,12-13,16H,3-4,6H2. The van der Waals surface area contributed by atoms with Crippen LogP contribution in [-0.2, 0) is 0 Å². The summed E-state index contributed by atoms with van der Waals surface area (Å²) in [6, 6.07) is 6.01. The SMILES string of the molecule is OC(c1cn2ccccc2n1)C1CCCN1. The van der Waals surface area contributed by atoms with Crippen LogP contribution in [0.2, 0.25) is 0 Å². The largest absolute Gasteiger partial charge is 0.385 e. The second-order valence-electron chi connectivity index (χ2n) is 4.28. The summed E-state index contributed by atoms with van der Waals surface area (Å²) in [5, 5.41) is 13.5. The number of nitrogens with zero attached hydrogens (tertiary/aromatic N) is 2. The number of fused-ring (bicyclic) bond motifs is 1. The van der Waals surface area contributed by atoms with Crippen molar-refractivity contribution in [2.45, 2.75) is 25.0 Å². The predicted octanol–water partition coefficient (Wildman–Crippen LogP) is 1.12. The molecule has 2 atom stereocenters. The molecule has 4 heteroatoms. The van der Waals surface area contributed by atoms with Crippen LogP contribution in [0, 0.1) is 0 Å².